The van der Waals surface area contributed by atoms with Crippen LogP contribution in [0.1, 0.15) is 5.56 Å². The molecule has 0 heterocycles. The first-order chi connectivity index (χ1) is 12.3. The molecule has 0 bridgehead atoms. The summed E-state index contributed by atoms with van der Waals surface area (Å²) < 4.78 is 42.8. The molecule has 0 saturated carbocycles. The molecule has 0 fully saturated rings. The van der Waals surface area contributed by atoms with Crippen molar-refractivity contribution in [3.05, 3.63) is 52.1 Å². The molecular weight excluding hydrogens is 364 g/mol. The predicted octanol–water partition coefficient (Wildman–Crippen LogP) is 2.10. The van der Waals surface area contributed by atoms with Crippen molar-refractivity contribution < 1.29 is 27.6 Å². The molecule has 140 valence electrons. The molecule has 0 unspecified atom stereocenters. The molecule has 0 radical (unpaired) electrons. The molecule has 0 amide bonds. The van der Waals surface area contributed by atoms with E-state index in [1.807, 2.05) is 0 Å². The Morgan fingerprint density at radius 1 is 0.962 bits per heavy atom. The topological polar surface area (TPSA) is 117 Å². The van der Waals surface area contributed by atoms with E-state index < -0.39 is 14.9 Å². The van der Waals surface area contributed by atoms with Crippen LogP contribution < -0.4 is 18.9 Å². The van der Waals surface area contributed by atoms with Crippen LogP contribution in [0.15, 0.2) is 41.3 Å². The summed E-state index contributed by atoms with van der Waals surface area (Å²) >= 11 is 0. The zero-order valence-corrected chi connectivity index (χ0v) is 15.2. The molecule has 0 aliphatic heterocycles. The smallest absolute Gasteiger partial charge is 0.269 e. The lowest BCUT2D eigenvalue weighted by Gasteiger charge is -2.14. The van der Waals surface area contributed by atoms with Gasteiger partial charge in [-0.1, -0.05) is 0 Å². The monoisotopic (exact) mass is 382 g/mol. The van der Waals surface area contributed by atoms with Gasteiger partial charge in [0.25, 0.3) is 5.69 Å². The van der Waals surface area contributed by atoms with Crippen LogP contribution in [0.4, 0.5) is 5.69 Å². The Bertz CT molecular complexity index is 896. The summed E-state index contributed by atoms with van der Waals surface area (Å²) in [6.07, 6.45) is 0. The normalized spacial score (nSPS) is 11.0. The van der Waals surface area contributed by atoms with Gasteiger partial charge in [0, 0.05) is 30.3 Å². The summed E-state index contributed by atoms with van der Waals surface area (Å²) in [6.45, 7) is -0.0666. The van der Waals surface area contributed by atoms with Crippen molar-refractivity contribution in [1.29, 1.82) is 0 Å². The van der Waals surface area contributed by atoms with Gasteiger partial charge in [-0.3, -0.25) is 10.1 Å². The predicted molar refractivity (Wildman–Crippen MR) is 93.2 cm³/mol. The molecule has 2 aromatic carbocycles. The number of rotatable bonds is 8. The molecule has 0 aliphatic carbocycles. The van der Waals surface area contributed by atoms with Crippen LogP contribution in [0.5, 0.6) is 17.2 Å². The second-order valence-electron chi connectivity index (χ2n) is 5.09. The van der Waals surface area contributed by atoms with Crippen molar-refractivity contribution in [2.24, 2.45) is 0 Å². The molecule has 2 rings (SSSR count). The van der Waals surface area contributed by atoms with Crippen molar-refractivity contribution in [1.82, 2.24) is 4.72 Å². The Kier molecular flexibility index (Phi) is 6.01. The van der Waals surface area contributed by atoms with E-state index in [2.05, 4.69) is 4.72 Å². The number of benzene rings is 2. The molecule has 2 aromatic rings. The summed E-state index contributed by atoms with van der Waals surface area (Å²) in [5.41, 5.74) is 0.348. The van der Waals surface area contributed by atoms with Crippen molar-refractivity contribution in [2.75, 3.05) is 21.3 Å². The van der Waals surface area contributed by atoms with E-state index in [1.165, 1.54) is 33.5 Å². The maximum atomic E-state index is 12.4. The van der Waals surface area contributed by atoms with Gasteiger partial charge in [-0.2, -0.15) is 0 Å². The average molecular weight is 382 g/mol. The third-order valence-electron chi connectivity index (χ3n) is 3.60. The number of ether oxygens (including phenoxy) is 3. The van der Waals surface area contributed by atoms with Gasteiger partial charge in [-0.15, -0.1) is 0 Å². The van der Waals surface area contributed by atoms with Crippen LogP contribution in [0.3, 0.4) is 0 Å². The van der Waals surface area contributed by atoms with Crippen molar-refractivity contribution in [2.45, 2.75) is 11.4 Å². The largest absolute Gasteiger partial charge is 0.496 e. The van der Waals surface area contributed by atoms with E-state index in [0.29, 0.717) is 22.8 Å². The second-order valence-corrected chi connectivity index (χ2v) is 6.86. The van der Waals surface area contributed by atoms with Gasteiger partial charge in [0.2, 0.25) is 10.0 Å². The van der Waals surface area contributed by atoms with E-state index in [0.717, 1.165) is 12.1 Å². The maximum Gasteiger partial charge on any atom is 0.269 e. The Morgan fingerprint density at radius 2 is 1.50 bits per heavy atom. The fourth-order valence-electron chi connectivity index (χ4n) is 2.23. The highest BCUT2D eigenvalue weighted by Gasteiger charge is 2.18. The zero-order chi connectivity index (χ0) is 19.3. The van der Waals surface area contributed by atoms with Gasteiger partial charge in [-0.05, 0) is 18.2 Å². The number of nitro groups is 1. The molecule has 0 saturated heterocycles. The second kappa shape index (κ2) is 8.02. The highest BCUT2D eigenvalue weighted by Crippen LogP contribution is 2.34. The number of hydrogen-bond acceptors (Lipinski definition) is 7. The number of non-ortho nitro benzene ring substituents is 1. The Labute approximate surface area is 150 Å². The molecule has 9 nitrogen and oxygen atoms in total. The number of sulfonamides is 1. The first kappa shape index (κ1) is 19.5. The number of nitrogens with one attached hydrogen (secondary N) is 1. The molecule has 0 spiro atoms. The van der Waals surface area contributed by atoms with Gasteiger partial charge in [-0.25, -0.2) is 13.1 Å². The fourth-order valence-corrected chi connectivity index (χ4v) is 3.24. The lowest BCUT2D eigenvalue weighted by molar-refractivity contribution is -0.384. The lowest BCUT2D eigenvalue weighted by atomic mass is 10.1. The molecule has 0 aliphatic rings. The van der Waals surface area contributed by atoms with Crippen LogP contribution in [0, 0.1) is 10.1 Å². The standard InChI is InChI=1S/C16H18N2O7S/c1-23-14-9-16(25-3)15(24-2)8-11(14)10-17-26(21,22)13-6-4-12(5-7-13)18(19)20/h4-9,17H,10H2,1-3H3. The maximum absolute atomic E-state index is 12.4. The highest BCUT2D eigenvalue weighted by atomic mass is 32.2. The molecule has 0 atom stereocenters. The Balaban J connectivity index is 2.25. The third-order valence-corrected chi connectivity index (χ3v) is 5.01. The minimum absolute atomic E-state index is 0.0666. The fraction of sp³-hybridized carbons (Fsp3) is 0.250. The molecule has 1 N–H and O–H groups in total. The summed E-state index contributed by atoms with van der Waals surface area (Å²) in [4.78, 5) is 9.98. The highest BCUT2D eigenvalue weighted by molar-refractivity contribution is 7.89. The minimum Gasteiger partial charge on any atom is -0.496 e. The van der Waals surface area contributed by atoms with Crippen LogP contribution in [-0.4, -0.2) is 34.7 Å². The molecular formula is C16H18N2O7S. The molecule has 0 aromatic heterocycles. The molecule has 26 heavy (non-hydrogen) atoms. The van der Waals surface area contributed by atoms with E-state index in [-0.39, 0.29) is 17.1 Å². The summed E-state index contributed by atoms with van der Waals surface area (Å²) in [6, 6.07) is 7.81. The van der Waals surface area contributed by atoms with Crippen molar-refractivity contribution >= 4 is 15.7 Å². The minimum atomic E-state index is -3.86. The van der Waals surface area contributed by atoms with Crippen molar-refractivity contribution in [3.8, 4) is 17.2 Å². The third kappa shape index (κ3) is 4.21. The summed E-state index contributed by atoms with van der Waals surface area (Å²) in [5, 5.41) is 10.7. The summed E-state index contributed by atoms with van der Waals surface area (Å²) in [7, 11) is 0.540. The van der Waals surface area contributed by atoms with E-state index in [9.17, 15) is 18.5 Å². The number of nitrogens with zero attached hydrogens (tertiary/aromatic N) is 1. The van der Waals surface area contributed by atoms with Crippen LogP contribution in [-0.2, 0) is 16.6 Å². The summed E-state index contributed by atoms with van der Waals surface area (Å²) in [5.74, 6) is 1.30. The Hall–Kier alpha value is -2.85. The lowest BCUT2D eigenvalue weighted by Crippen LogP contribution is -2.23. The first-order valence-corrected chi connectivity index (χ1v) is 8.83. The van der Waals surface area contributed by atoms with Gasteiger partial charge < -0.3 is 14.2 Å². The first-order valence-electron chi connectivity index (χ1n) is 7.35. The van der Waals surface area contributed by atoms with Gasteiger partial charge in [0.1, 0.15) is 5.75 Å². The average Bonchev–Trinajstić information content (AvgIpc) is 2.65. The van der Waals surface area contributed by atoms with Crippen LogP contribution >= 0.6 is 0 Å². The molecule has 10 heteroatoms. The number of hydrogen-bond donors (Lipinski definition) is 1. The van der Waals surface area contributed by atoms with Crippen LogP contribution in [0.2, 0.25) is 0 Å². The number of methoxy groups -OCH3 is 3. The SMILES string of the molecule is COc1cc(OC)c(OC)cc1CNS(=O)(=O)c1ccc([N+](=O)[O-])cc1. The number of nitro benzene ring substituents is 1. The van der Waals surface area contributed by atoms with Gasteiger partial charge in [0.05, 0.1) is 31.1 Å². The van der Waals surface area contributed by atoms with Gasteiger partial charge >= 0.3 is 0 Å². The van der Waals surface area contributed by atoms with Crippen LogP contribution in [0.25, 0.3) is 0 Å². The van der Waals surface area contributed by atoms with E-state index in [4.69, 9.17) is 14.2 Å². The Morgan fingerprint density at radius 3 is 2.00 bits per heavy atom. The van der Waals surface area contributed by atoms with E-state index >= 15 is 0 Å². The quantitative estimate of drug-likeness (QED) is 0.549. The van der Waals surface area contributed by atoms with Crippen molar-refractivity contribution in [3.63, 3.8) is 0 Å². The van der Waals surface area contributed by atoms with Gasteiger partial charge in [0.15, 0.2) is 11.5 Å². The van der Waals surface area contributed by atoms with E-state index in [1.54, 1.807) is 12.1 Å². The zero-order valence-electron chi connectivity index (χ0n) is 14.4.